The normalized spacial score (nSPS) is 11.1. The molecule has 5 nitrogen and oxygen atoms in total. The van der Waals surface area contributed by atoms with Crippen molar-refractivity contribution in [2.75, 3.05) is 6.54 Å². The molecule has 0 aliphatic rings. The highest BCUT2D eigenvalue weighted by Crippen LogP contribution is 2.13. The first-order valence-electron chi connectivity index (χ1n) is 10.5. The Morgan fingerprint density at radius 3 is 2.04 bits per heavy atom. The van der Waals surface area contributed by atoms with Crippen LogP contribution in [0.15, 0.2) is 30.3 Å². The molecule has 0 saturated carbocycles. The van der Waals surface area contributed by atoms with Crippen LogP contribution in [0.2, 0.25) is 0 Å². The molecule has 0 aromatic heterocycles. The van der Waals surface area contributed by atoms with Gasteiger partial charge in [-0.3, -0.25) is 4.79 Å². The quantitative estimate of drug-likeness (QED) is 0.343. The van der Waals surface area contributed by atoms with E-state index in [-0.39, 0.29) is 17.7 Å². The van der Waals surface area contributed by atoms with Gasteiger partial charge in [-0.15, -0.1) is 0 Å². The van der Waals surface area contributed by atoms with Crippen molar-refractivity contribution in [3.8, 4) is 0 Å². The Morgan fingerprint density at radius 2 is 1.43 bits per heavy atom. The fourth-order valence-electron chi connectivity index (χ4n) is 2.81. The van der Waals surface area contributed by atoms with Crippen LogP contribution in [0, 0.1) is 0 Å². The molecule has 0 spiro atoms. The van der Waals surface area contributed by atoms with Crippen molar-refractivity contribution in [2.24, 2.45) is 0 Å². The smallest absolute Gasteiger partial charge is 0.407 e. The van der Waals surface area contributed by atoms with Crippen LogP contribution in [0.3, 0.4) is 0 Å². The van der Waals surface area contributed by atoms with Crippen LogP contribution >= 0.6 is 0 Å². The van der Waals surface area contributed by atoms with Crippen molar-refractivity contribution in [2.45, 2.75) is 90.8 Å². The molecule has 1 aromatic rings. The Bertz CT molecular complexity index is 551. The summed E-state index contributed by atoms with van der Waals surface area (Å²) < 4.78 is 10.5. The van der Waals surface area contributed by atoms with Crippen molar-refractivity contribution in [3.05, 3.63) is 35.9 Å². The Labute approximate surface area is 170 Å². The maximum atomic E-state index is 11.6. The van der Waals surface area contributed by atoms with E-state index in [4.69, 9.17) is 9.47 Å². The maximum Gasteiger partial charge on any atom is 0.407 e. The van der Waals surface area contributed by atoms with E-state index in [1.807, 2.05) is 51.1 Å². The van der Waals surface area contributed by atoms with Gasteiger partial charge < -0.3 is 14.8 Å². The van der Waals surface area contributed by atoms with E-state index in [0.717, 1.165) is 37.7 Å². The Hall–Kier alpha value is -2.04. The van der Waals surface area contributed by atoms with E-state index in [1.165, 1.54) is 19.3 Å². The van der Waals surface area contributed by atoms with Crippen molar-refractivity contribution < 1.29 is 19.1 Å². The summed E-state index contributed by atoms with van der Waals surface area (Å²) in [5.74, 6) is -0.0951. The van der Waals surface area contributed by atoms with E-state index in [1.54, 1.807) is 0 Å². The minimum atomic E-state index is -0.384. The Kier molecular flexibility index (Phi) is 12.0. The Morgan fingerprint density at radius 1 is 0.857 bits per heavy atom. The zero-order valence-electron chi connectivity index (χ0n) is 17.8. The van der Waals surface area contributed by atoms with Gasteiger partial charge in [0.05, 0.1) is 0 Å². The topological polar surface area (TPSA) is 64.6 Å². The van der Waals surface area contributed by atoms with Crippen LogP contribution in [0.5, 0.6) is 0 Å². The van der Waals surface area contributed by atoms with Crippen LogP contribution < -0.4 is 5.32 Å². The zero-order chi connectivity index (χ0) is 20.7. The first-order chi connectivity index (χ1) is 13.4. The second-order valence-electron chi connectivity index (χ2n) is 8.15. The molecule has 0 radical (unpaired) electrons. The molecule has 1 amide bonds. The number of esters is 1. The summed E-state index contributed by atoms with van der Waals surface area (Å²) in [6.07, 6.45) is 8.96. The first-order valence-corrected chi connectivity index (χ1v) is 10.5. The minimum Gasteiger partial charge on any atom is -0.460 e. The molecule has 0 fully saturated rings. The van der Waals surface area contributed by atoms with Gasteiger partial charge in [-0.25, -0.2) is 4.79 Å². The summed E-state index contributed by atoms with van der Waals surface area (Å²) in [5, 5.41) is 2.79. The predicted molar refractivity (Wildman–Crippen MR) is 112 cm³/mol. The van der Waals surface area contributed by atoms with Crippen molar-refractivity contribution in [3.63, 3.8) is 0 Å². The van der Waals surface area contributed by atoms with Gasteiger partial charge in [0.2, 0.25) is 0 Å². The van der Waals surface area contributed by atoms with Crippen molar-refractivity contribution in [1.29, 1.82) is 0 Å². The lowest BCUT2D eigenvalue weighted by Crippen LogP contribution is -2.25. The average molecular weight is 392 g/mol. The Balaban J connectivity index is 1.85. The third kappa shape index (κ3) is 14.1. The molecule has 1 N–H and O–H groups in total. The van der Waals surface area contributed by atoms with E-state index in [2.05, 4.69) is 5.32 Å². The van der Waals surface area contributed by atoms with Crippen molar-refractivity contribution >= 4 is 12.1 Å². The molecule has 0 aliphatic heterocycles. The summed E-state index contributed by atoms with van der Waals surface area (Å²) >= 11 is 0. The van der Waals surface area contributed by atoms with Crippen LogP contribution in [-0.4, -0.2) is 24.2 Å². The van der Waals surface area contributed by atoms with E-state index >= 15 is 0 Å². The van der Waals surface area contributed by atoms with Crippen LogP contribution in [0.25, 0.3) is 0 Å². The number of amides is 1. The fraction of sp³-hybridized carbons (Fsp3) is 0.652. The van der Waals surface area contributed by atoms with Gasteiger partial charge in [0.15, 0.2) is 0 Å². The molecule has 0 saturated heterocycles. The molecule has 0 heterocycles. The number of carbonyl (C=O) groups excluding carboxylic acids is 2. The van der Waals surface area contributed by atoms with Gasteiger partial charge in [0.25, 0.3) is 0 Å². The molecule has 0 unspecified atom stereocenters. The van der Waals surface area contributed by atoms with E-state index in [9.17, 15) is 9.59 Å². The molecule has 1 rings (SSSR count). The average Bonchev–Trinajstić information content (AvgIpc) is 2.64. The number of ether oxygens (including phenoxy) is 2. The molecular weight excluding hydrogens is 354 g/mol. The lowest BCUT2D eigenvalue weighted by Gasteiger charge is -2.19. The number of alkyl carbamates (subject to hydrolysis) is 1. The van der Waals surface area contributed by atoms with Crippen molar-refractivity contribution in [1.82, 2.24) is 5.32 Å². The van der Waals surface area contributed by atoms with E-state index in [0.29, 0.717) is 19.6 Å². The third-order valence-corrected chi connectivity index (χ3v) is 4.21. The van der Waals surface area contributed by atoms with Gasteiger partial charge in [-0.2, -0.15) is 0 Å². The largest absolute Gasteiger partial charge is 0.460 e. The summed E-state index contributed by atoms with van der Waals surface area (Å²) in [5.41, 5.74) is 0.605. The number of hydrogen-bond donors (Lipinski definition) is 1. The fourth-order valence-corrected chi connectivity index (χ4v) is 2.81. The highest BCUT2D eigenvalue weighted by atomic mass is 16.6. The van der Waals surface area contributed by atoms with Gasteiger partial charge in [-0.1, -0.05) is 68.9 Å². The predicted octanol–water partition coefficient (Wildman–Crippen LogP) is 5.77. The molecule has 158 valence electrons. The SMILES string of the molecule is CC(C)(C)OC(=O)CCCCCCCCCCNC(=O)OCc1ccccc1. The number of benzene rings is 1. The monoisotopic (exact) mass is 391 g/mol. The first kappa shape index (κ1) is 24.0. The highest BCUT2D eigenvalue weighted by molar-refractivity contribution is 5.69. The summed E-state index contributed by atoms with van der Waals surface area (Å²) in [4.78, 5) is 23.2. The number of nitrogens with one attached hydrogen (secondary N) is 1. The molecule has 0 bridgehead atoms. The van der Waals surface area contributed by atoms with E-state index < -0.39 is 0 Å². The standard InChI is InChI=1S/C23H37NO4/c1-23(2,3)28-21(25)17-13-8-6-4-5-7-9-14-18-24-22(26)27-19-20-15-11-10-12-16-20/h10-12,15-16H,4-9,13-14,17-19H2,1-3H3,(H,24,26). The van der Waals surface area contributed by atoms with Crippen LogP contribution in [0.1, 0.15) is 84.1 Å². The second-order valence-corrected chi connectivity index (χ2v) is 8.15. The molecule has 1 aromatic carbocycles. The van der Waals surface area contributed by atoms with Gasteiger partial charge in [0, 0.05) is 13.0 Å². The van der Waals surface area contributed by atoms with Gasteiger partial charge >= 0.3 is 12.1 Å². The van der Waals surface area contributed by atoms with Gasteiger partial charge in [0.1, 0.15) is 12.2 Å². The second kappa shape index (κ2) is 14.0. The number of hydrogen-bond acceptors (Lipinski definition) is 4. The minimum absolute atomic E-state index is 0.0951. The van der Waals surface area contributed by atoms with Crippen LogP contribution in [-0.2, 0) is 20.9 Å². The number of unbranched alkanes of at least 4 members (excludes halogenated alkanes) is 7. The molecule has 0 atom stereocenters. The summed E-state index contributed by atoms with van der Waals surface area (Å²) in [6.45, 7) is 6.65. The molecule has 5 heteroatoms. The molecule has 28 heavy (non-hydrogen) atoms. The summed E-state index contributed by atoms with van der Waals surface area (Å²) in [6, 6.07) is 9.67. The number of carbonyl (C=O) groups is 2. The molecule has 0 aliphatic carbocycles. The zero-order valence-corrected chi connectivity index (χ0v) is 17.8. The lowest BCUT2D eigenvalue weighted by atomic mass is 10.1. The van der Waals surface area contributed by atoms with Gasteiger partial charge in [-0.05, 0) is 39.2 Å². The third-order valence-electron chi connectivity index (χ3n) is 4.21. The maximum absolute atomic E-state index is 11.6. The lowest BCUT2D eigenvalue weighted by molar-refractivity contribution is -0.154. The summed E-state index contributed by atoms with van der Waals surface area (Å²) in [7, 11) is 0. The number of rotatable bonds is 13. The van der Waals surface area contributed by atoms with Crippen LogP contribution in [0.4, 0.5) is 4.79 Å². The molecular formula is C23H37NO4. The highest BCUT2D eigenvalue weighted by Gasteiger charge is 2.15.